The molecule has 2 heterocycles. The fraction of sp³-hybridized carbons (Fsp3) is 0.0208. The maximum atomic E-state index is 13.6. The first-order valence-electron chi connectivity index (χ1n) is 17.9. The fourth-order valence-corrected chi connectivity index (χ4v) is 5.93. The van der Waals surface area contributed by atoms with Gasteiger partial charge in [-0.25, -0.2) is 33.6 Å². The number of carbonyl (C=O) groups is 7. The van der Waals surface area contributed by atoms with Gasteiger partial charge < -0.3 is 23.7 Å². The third-order valence-electron chi connectivity index (χ3n) is 9.03. The molecular weight excluding hydrogens is 769 g/mol. The molecule has 12 nitrogen and oxygen atoms in total. The lowest BCUT2D eigenvalue weighted by Crippen LogP contribution is -2.15. The highest BCUT2D eigenvalue weighted by Gasteiger charge is 2.32. The molecule has 0 aromatic heterocycles. The van der Waals surface area contributed by atoms with E-state index < -0.39 is 41.8 Å². The zero-order chi connectivity index (χ0) is 41.8. The predicted molar refractivity (Wildman–Crippen MR) is 209 cm³/mol. The lowest BCUT2D eigenvalue weighted by Gasteiger charge is -2.13. The van der Waals surface area contributed by atoms with Gasteiger partial charge in [0.15, 0.2) is 0 Å². The molecule has 0 atom stereocenters. The van der Waals surface area contributed by atoms with Crippen molar-refractivity contribution in [2.24, 2.45) is 0 Å². The van der Waals surface area contributed by atoms with Crippen LogP contribution in [0.2, 0.25) is 0 Å². The maximum Gasteiger partial charge on any atom is 0.346 e. The third-order valence-corrected chi connectivity index (χ3v) is 9.03. The first kappa shape index (κ1) is 38.0. The SMILES string of the molecule is O=C(Oc1ccc(OC(=O)c2ccc3c(c2)C(=O)OC3=O)c(C(=O)OCc2ccc(C#Cc3ccc(C#Cc4ccccc4)cc3)cc2)c1)c1ccc2c(c1)C(=O)OC2=O. The van der Waals surface area contributed by atoms with Gasteiger partial charge in [0.25, 0.3) is 0 Å². The second kappa shape index (κ2) is 16.3. The normalized spacial score (nSPS) is 12.1. The van der Waals surface area contributed by atoms with Crippen LogP contribution in [-0.2, 0) is 20.8 Å². The van der Waals surface area contributed by atoms with Gasteiger partial charge in [-0.1, -0.05) is 54.0 Å². The minimum absolute atomic E-state index is 0.00525. The van der Waals surface area contributed by atoms with Gasteiger partial charge in [0, 0.05) is 22.3 Å². The summed E-state index contributed by atoms with van der Waals surface area (Å²) in [5.41, 5.74) is 3.09. The number of ether oxygens (including phenoxy) is 5. The Morgan fingerprint density at radius 3 is 1.45 bits per heavy atom. The van der Waals surface area contributed by atoms with Gasteiger partial charge in [-0.3, -0.25) is 0 Å². The van der Waals surface area contributed by atoms with E-state index in [2.05, 4.69) is 33.2 Å². The summed E-state index contributed by atoms with van der Waals surface area (Å²) in [5, 5.41) is 0. The highest BCUT2D eigenvalue weighted by atomic mass is 16.6. The van der Waals surface area contributed by atoms with E-state index in [9.17, 15) is 33.6 Å². The van der Waals surface area contributed by atoms with Gasteiger partial charge in [0.2, 0.25) is 0 Å². The van der Waals surface area contributed by atoms with Crippen LogP contribution in [0.15, 0.2) is 133 Å². The summed E-state index contributed by atoms with van der Waals surface area (Å²) in [5.74, 6) is 5.58. The number of carbonyl (C=O) groups excluding carboxylic acids is 7. The van der Waals surface area contributed by atoms with Crippen molar-refractivity contribution in [1.82, 2.24) is 0 Å². The van der Waals surface area contributed by atoms with Crippen molar-refractivity contribution in [1.29, 1.82) is 0 Å². The van der Waals surface area contributed by atoms with E-state index in [0.29, 0.717) is 11.1 Å². The van der Waals surface area contributed by atoms with E-state index in [4.69, 9.17) is 14.2 Å². The summed E-state index contributed by atoms with van der Waals surface area (Å²) in [6, 6.07) is 35.1. The summed E-state index contributed by atoms with van der Waals surface area (Å²) < 4.78 is 25.7. The van der Waals surface area contributed by atoms with Crippen molar-refractivity contribution < 1.29 is 57.2 Å². The van der Waals surface area contributed by atoms with Crippen LogP contribution in [-0.4, -0.2) is 41.8 Å². The van der Waals surface area contributed by atoms with Gasteiger partial charge in [-0.05, 0) is 109 Å². The van der Waals surface area contributed by atoms with Crippen LogP contribution in [0.25, 0.3) is 0 Å². The number of esters is 7. The van der Waals surface area contributed by atoms with Gasteiger partial charge >= 0.3 is 41.8 Å². The Bertz CT molecular complexity index is 2940. The van der Waals surface area contributed by atoms with Crippen molar-refractivity contribution in [3.05, 3.63) is 200 Å². The van der Waals surface area contributed by atoms with Crippen molar-refractivity contribution in [3.63, 3.8) is 0 Å². The zero-order valence-electron chi connectivity index (χ0n) is 30.8. The Kier molecular flexibility index (Phi) is 10.3. The van der Waals surface area contributed by atoms with E-state index in [1.807, 2.05) is 54.6 Å². The molecule has 8 rings (SSSR count). The quantitative estimate of drug-likeness (QED) is 0.0541. The molecule has 12 heteroatoms. The van der Waals surface area contributed by atoms with Gasteiger partial charge in [0.05, 0.1) is 33.4 Å². The first-order chi connectivity index (χ1) is 29.1. The van der Waals surface area contributed by atoms with Crippen molar-refractivity contribution in [2.45, 2.75) is 6.61 Å². The van der Waals surface area contributed by atoms with Gasteiger partial charge in [-0.2, -0.15) is 0 Å². The van der Waals surface area contributed by atoms with E-state index in [1.54, 1.807) is 24.3 Å². The second-order valence-electron chi connectivity index (χ2n) is 13.0. The van der Waals surface area contributed by atoms with E-state index in [0.717, 1.165) is 34.9 Å². The van der Waals surface area contributed by atoms with Crippen LogP contribution in [0.4, 0.5) is 0 Å². The molecule has 288 valence electrons. The predicted octanol–water partition coefficient (Wildman–Crippen LogP) is 6.90. The molecule has 6 aromatic rings. The van der Waals surface area contributed by atoms with Crippen molar-refractivity contribution >= 4 is 41.8 Å². The number of cyclic esters (lactones) is 4. The first-order valence-corrected chi connectivity index (χ1v) is 17.9. The molecule has 0 saturated heterocycles. The molecule has 6 aromatic carbocycles. The van der Waals surface area contributed by atoms with Gasteiger partial charge in [-0.15, -0.1) is 0 Å². The molecule has 2 aliphatic rings. The van der Waals surface area contributed by atoms with E-state index >= 15 is 0 Å². The molecule has 0 fully saturated rings. The monoisotopic (exact) mass is 792 g/mol. The number of rotatable bonds is 7. The Hall–Kier alpha value is -8.87. The molecule has 0 spiro atoms. The number of fused-ring (bicyclic) bond motifs is 2. The van der Waals surface area contributed by atoms with Crippen LogP contribution in [0.5, 0.6) is 11.5 Å². The molecule has 0 unspecified atom stereocenters. The number of hydrogen-bond donors (Lipinski definition) is 0. The molecule has 0 radical (unpaired) electrons. The van der Waals surface area contributed by atoms with E-state index in [-0.39, 0.29) is 57.1 Å². The van der Waals surface area contributed by atoms with Crippen molar-refractivity contribution in [2.75, 3.05) is 0 Å². The van der Waals surface area contributed by atoms with E-state index in [1.165, 1.54) is 36.4 Å². The summed E-state index contributed by atoms with van der Waals surface area (Å²) in [6.07, 6.45) is 0. The Morgan fingerprint density at radius 1 is 0.450 bits per heavy atom. The second-order valence-corrected chi connectivity index (χ2v) is 13.0. The molecule has 60 heavy (non-hydrogen) atoms. The van der Waals surface area contributed by atoms with Crippen LogP contribution < -0.4 is 9.47 Å². The average molecular weight is 793 g/mol. The Balaban J connectivity index is 0.971. The van der Waals surface area contributed by atoms with Crippen LogP contribution >= 0.6 is 0 Å². The summed E-state index contributed by atoms with van der Waals surface area (Å²) in [7, 11) is 0. The summed E-state index contributed by atoms with van der Waals surface area (Å²) >= 11 is 0. The summed E-state index contributed by atoms with van der Waals surface area (Å²) in [6.45, 7) is -0.208. The van der Waals surface area contributed by atoms with Crippen LogP contribution in [0, 0.1) is 23.7 Å². The maximum absolute atomic E-state index is 13.6. The number of benzene rings is 6. The number of hydrogen-bond acceptors (Lipinski definition) is 12. The Labute approximate surface area is 340 Å². The van der Waals surface area contributed by atoms with Crippen molar-refractivity contribution in [3.8, 4) is 35.2 Å². The van der Waals surface area contributed by atoms with Crippen LogP contribution in [0.3, 0.4) is 0 Å². The molecule has 0 aliphatic carbocycles. The van der Waals surface area contributed by atoms with Gasteiger partial charge in [0.1, 0.15) is 23.7 Å². The third kappa shape index (κ3) is 8.30. The molecule has 0 bridgehead atoms. The molecule has 0 amide bonds. The lowest BCUT2D eigenvalue weighted by molar-refractivity contribution is 0.0425. The smallest absolute Gasteiger partial charge is 0.346 e. The molecular formula is C48H24O12. The minimum Gasteiger partial charge on any atom is -0.457 e. The topological polar surface area (TPSA) is 166 Å². The molecule has 0 saturated carbocycles. The van der Waals surface area contributed by atoms with Crippen LogP contribution in [0.1, 0.15) is 100 Å². The standard InChI is InChI=1S/C48H24O12/c49-42(33-18-21-36-38(24-33)47(54)59-45(36)52)57-35-20-23-41(58-43(50)34-19-22-37-39(25-34)48(55)60-46(37)53)40(26-35)44(51)56-27-32-16-14-31(15-17-32)13-12-30-10-8-29(9-11-30)7-6-28-4-2-1-3-5-28/h1-5,8-11,14-26H,27H2. The molecule has 0 N–H and O–H groups in total. The highest BCUT2D eigenvalue weighted by molar-refractivity contribution is 6.16. The molecule has 2 aliphatic heterocycles. The lowest BCUT2D eigenvalue weighted by atomic mass is 10.1. The fourth-order valence-electron chi connectivity index (χ4n) is 5.93. The Morgan fingerprint density at radius 2 is 0.917 bits per heavy atom. The largest absolute Gasteiger partial charge is 0.457 e. The average Bonchev–Trinajstić information content (AvgIpc) is 3.73. The summed E-state index contributed by atoms with van der Waals surface area (Å²) in [4.78, 5) is 87.7. The zero-order valence-corrected chi connectivity index (χ0v) is 30.8. The highest BCUT2D eigenvalue weighted by Crippen LogP contribution is 2.29. The minimum atomic E-state index is -0.993.